The molecule has 192 valence electrons. The highest BCUT2D eigenvalue weighted by Gasteiger charge is 2.43. The molecule has 0 N–H and O–H groups in total. The minimum atomic E-state index is 0.560. The lowest BCUT2D eigenvalue weighted by Crippen LogP contribution is -2.18. The van der Waals surface area contributed by atoms with E-state index in [2.05, 4.69) is 55.5 Å². The van der Waals surface area contributed by atoms with Gasteiger partial charge in [0.2, 0.25) is 0 Å². The van der Waals surface area contributed by atoms with Crippen molar-refractivity contribution in [2.45, 2.75) is 89.8 Å². The van der Waals surface area contributed by atoms with Crippen molar-refractivity contribution in [3.05, 3.63) is 48.5 Å². The molecule has 1 saturated heterocycles. The van der Waals surface area contributed by atoms with Gasteiger partial charge in [-0.15, -0.1) is 0 Å². The molecule has 2 aromatic rings. The maximum absolute atomic E-state index is 5.95. The molecule has 3 unspecified atom stereocenters. The predicted molar refractivity (Wildman–Crippen MR) is 142 cm³/mol. The quantitative estimate of drug-likeness (QED) is 0.171. The van der Waals surface area contributed by atoms with Crippen LogP contribution in [0.4, 0.5) is 0 Å². The smallest absolute Gasteiger partial charge is 0.119 e. The van der Waals surface area contributed by atoms with E-state index in [-0.39, 0.29) is 0 Å². The molecule has 4 rings (SSSR count). The molecule has 2 aliphatic rings. The van der Waals surface area contributed by atoms with Gasteiger partial charge in [0.05, 0.1) is 25.4 Å². The van der Waals surface area contributed by atoms with E-state index in [1.807, 2.05) is 0 Å². The van der Waals surface area contributed by atoms with Gasteiger partial charge in [-0.05, 0) is 86.3 Å². The van der Waals surface area contributed by atoms with Gasteiger partial charge < -0.3 is 18.9 Å². The highest BCUT2D eigenvalue weighted by molar-refractivity contribution is 5.64. The van der Waals surface area contributed by atoms with E-state index in [9.17, 15) is 0 Å². The number of fused-ring (bicyclic) bond motifs is 1. The first kappa shape index (κ1) is 26.0. The zero-order valence-corrected chi connectivity index (χ0v) is 21.6. The zero-order valence-electron chi connectivity index (χ0n) is 21.6. The highest BCUT2D eigenvalue weighted by Crippen LogP contribution is 2.39. The molecular formula is C31H44O4. The van der Waals surface area contributed by atoms with Crippen LogP contribution in [-0.4, -0.2) is 38.6 Å². The number of benzene rings is 2. The molecule has 1 aliphatic heterocycles. The number of ether oxygens (including phenoxy) is 4. The van der Waals surface area contributed by atoms with E-state index in [0.29, 0.717) is 12.2 Å². The Hall–Kier alpha value is -2.04. The van der Waals surface area contributed by atoms with Gasteiger partial charge in [0.1, 0.15) is 11.5 Å². The van der Waals surface area contributed by atoms with Gasteiger partial charge in [0.15, 0.2) is 0 Å². The first-order chi connectivity index (χ1) is 17.3. The van der Waals surface area contributed by atoms with Crippen molar-refractivity contribution in [3.8, 4) is 22.6 Å². The Kier molecular flexibility index (Phi) is 10.8. The molecule has 4 heteroatoms. The van der Waals surface area contributed by atoms with E-state index < -0.39 is 0 Å². The Morgan fingerprint density at radius 2 is 1.23 bits per heavy atom. The number of rotatable bonds is 17. The largest absolute Gasteiger partial charge is 0.494 e. The molecular weight excluding hydrogens is 436 g/mol. The average molecular weight is 481 g/mol. The molecule has 0 spiro atoms. The Bertz CT molecular complexity index is 832. The standard InChI is InChI=1S/C31H44O4/c1-2-3-4-8-21-33-28-15-11-26(12-16-28)27-13-17-29(18-14-27)34-22-9-6-5-7-20-32-24-25-10-19-30-31(23-25)35-30/h11-18,25,30-31H,2-10,19-24H2,1H3. The van der Waals surface area contributed by atoms with Crippen molar-refractivity contribution in [1.29, 1.82) is 0 Å². The monoisotopic (exact) mass is 480 g/mol. The fourth-order valence-corrected chi connectivity index (χ4v) is 4.94. The fourth-order valence-electron chi connectivity index (χ4n) is 4.94. The van der Waals surface area contributed by atoms with Crippen molar-refractivity contribution in [2.75, 3.05) is 26.4 Å². The van der Waals surface area contributed by atoms with Crippen LogP contribution in [0.15, 0.2) is 48.5 Å². The average Bonchev–Trinajstić information content (AvgIpc) is 3.67. The van der Waals surface area contributed by atoms with E-state index in [0.717, 1.165) is 63.1 Å². The second kappa shape index (κ2) is 14.5. The predicted octanol–water partition coefficient (Wildman–Crippen LogP) is 7.84. The summed E-state index contributed by atoms with van der Waals surface area (Å²) in [6, 6.07) is 16.8. The molecule has 0 radical (unpaired) electrons. The summed E-state index contributed by atoms with van der Waals surface area (Å²) < 4.78 is 23.3. The van der Waals surface area contributed by atoms with Crippen LogP contribution in [0.5, 0.6) is 11.5 Å². The number of epoxide rings is 1. The van der Waals surface area contributed by atoms with Gasteiger partial charge in [-0.2, -0.15) is 0 Å². The lowest BCUT2D eigenvalue weighted by Gasteiger charge is -2.18. The highest BCUT2D eigenvalue weighted by atomic mass is 16.6. The third-order valence-electron chi connectivity index (χ3n) is 7.23. The molecule has 0 amide bonds. The van der Waals surface area contributed by atoms with E-state index in [4.69, 9.17) is 18.9 Å². The lowest BCUT2D eigenvalue weighted by molar-refractivity contribution is 0.0850. The molecule has 4 nitrogen and oxygen atoms in total. The van der Waals surface area contributed by atoms with Crippen LogP contribution in [0.3, 0.4) is 0 Å². The van der Waals surface area contributed by atoms with Crippen molar-refractivity contribution in [2.24, 2.45) is 5.92 Å². The Morgan fingerprint density at radius 3 is 1.80 bits per heavy atom. The van der Waals surface area contributed by atoms with Crippen molar-refractivity contribution < 1.29 is 18.9 Å². The van der Waals surface area contributed by atoms with Gasteiger partial charge in [-0.25, -0.2) is 0 Å². The Morgan fingerprint density at radius 1 is 0.657 bits per heavy atom. The van der Waals surface area contributed by atoms with Crippen LogP contribution in [-0.2, 0) is 9.47 Å². The molecule has 35 heavy (non-hydrogen) atoms. The first-order valence-corrected chi connectivity index (χ1v) is 14.0. The molecule has 2 aromatic carbocycles. The van der Waals surface area contributed by atoms with Gasteiger partial charge in [0, 0.05) is 13.2 Å². The maximum Gasteiger partial charge on any atom is 0.119 e. The SMILES string of the molecule is CCCCCCOc1ccc(-c2ccc(OCCCCCCOCC3CCC4OC4C3)cc2)cc1. The molecule has 0 bridgehead atoms. The van der Waals surface area contributed by atoms with Crippen molar-refractivity contribution in [3.63, 3.8) is 0 Å². The summed E-state index contributed by atoms with van der Waals surface area (Å²) in [5.74, 6) is 2.61. The molecule has 0 aromatic heterocycles. The summed E-state index contributed by atoms with van der Waals surface area (Å²) in [5, 5.41) is 0. The fraction of sp³-hybridized carbons (Fsp3) is 0.613. The Labute approximate surface area is 212 Å². The van der Waals surface area contributed by atoms with Crippen molar-refractivity contribution >= 4 is 0 Å². The normalized spacial score (nSPS) is 20.9. The van der Waals surface area contributed by atoms with Crippen molar-refractivity contribution in [1.82, 2.24) is 0 Å². The minimum Gasteiger partial charge on any atom is -0.494 e. The van der Waals surface area contributed by atoms with Crippen LogP contribution in [0.2, 0.25) is 0 Å². The third kappa shape index (κ3) is 9.16. The summed E-state index contributed by atoms with van der Waals surface area (Å²) in [5.41, 5.74) is 2.40. The number of unbranched alkanes of at least 4 members (excludes halogenated alkanes) is 6. The van der Waals surface area contributed by atoms with Crippen LogP contribution in [0.25, 0.3) is 11.1 Å². The third-order valence-corrected chi connectivity index (χ3v) is 7.23. The van der Waals surface area contributed by atoms with E-state index >= 15 is 0 Å². The summed E-state index contributed by atoms with van der Waals surface area (Å²) in [6.07, 6.45) is 14.4. The van der Waals surface area contributed by atoms with Gasteiger partial charge in [0.25, 0.3) is 0 Å². The minimum absolute atomic E-state index is 0.560. The topological polar surface area (TPSA) is 40.2 Å². The lowest BCUT2D eigenvalue weighted by atomic mass is 9.90. The molecule has 1 saturated carbocycles. The summed E-state index contributed by atoms with van der Waals surface area (Å²) in [7, 11) is 0. The number of hydrogen-bond acceptors (Lipinski definition) is 4. The van der Waals surface area contributed by atoms with Gasteiger partial charge in [-0.3, -0.25) is 0 Å². The van der Waals surface area contributed by atoms with Gasteiger partial charge in [-0.1, -0.05) is 56.9 Å². The Balaban J connectivity index is 1.03. The maximum atomic E-state index is 5.95. The van der Waals surface area contributed by atoms with Crippen LogP contribution >= 0.6 is 0 Å². The summed E-state index contributed by atoms with van der Waals surface area (Å²) in [4.78, 5) is 0. The van der Waals surface area contributed by atoms with Gasteiger partial charge >= 0.3 is 0 Å². The molecule has 3 atom stereocenters. The van der Waals surface area contributed by atoms with E-state index in [1.165, 1.54) is 62.5 Å². The molecule has 1 heterocycles. The van der Waals surface area contributed by atoms with Crippen LogP contribution in [0, 0.1) is 5.92 Å². The second-order valence-electron chi connectivity index (χ2n) is 10.2. The van der Waals surface area contributed by atoms with Crippen LogP contribution in [0.1, 0.15) is 77.6 Å². The molecule has 1 aliphatic carbocycles. The first-order valence-electron chi connectivity index (χ1n) is 14.0. The zero-order chi connectivity index (χ0) is 24.1. The number of hydrogen-bond donors (Lipinski definition) is 0. The van der Waals surface area contributed by atoms with E-state index in [1.54, 1.807) is 0 Å². The summed E-state index contributed by atoms with van der Waals surface area (Å²) >= 11 is 0. The molecule has 2 fully saturated rings. The second-order valence-corrected chi connectivity index (χ2v) is 10.2. The summed E-state index contributed by atoms with van der Waals surface area (Å²) in [6.45, 7) is 5.61. The van der Waals surface area contributed by atoms with Crippen LogP contribution < -0.4 is 9.47 Å².